The van der Waals surface area contributed by atoms with Crippen LogP contribution in [0.5, 0.6) is 0 Å². The van der Waals surface area contributed by atoms with Crippen molar-refractivity contribution in [2.45, 2.75) is 13.0 Å². The molecule has 2 heterocycles. The number of aromatic nitrogens is 2. The summed E-state index contributed by atoms with van der Waals surface area (Å²) in [4.78, 5) is 8.49. The minimum Gasteiger partial charge on any atom is -0.305 e. The molecule has 1 atom stereocenters. The quantitative estimate of drug-likeness (QED) is 0.882. The normalized spacial score (nSPS) is 12.6. The van der Waals surface area contributed by atoms with Crippen molar-refractivity contribution in [2.24, 2.45) is 0 Å². The summed E-state index contributed by atoms with van der Waals surface area (Å²) in [5, 5.41) is 3.42. The first kappa shape index (κ1) is 13.1. The van der Waals surface area contributed by atoms with Gasteiger partial charge >= 0.3 is 0 Å². The standard InChI is InChI=1S/C11H11Br2N3S/c1-2-15-10(8-6-14-3-4-16-8)7-5-9(12)17-11(7)13/h3-6,10,15H,2H2,1H3. The summed E-state index contributed by atoms with van der Waals surface area (Å²) < 4.78 is 2.21. The number of halogens is 2. The highest BCUT2D eigenvalue weighted by Crippen LogP contribution is 2.37. The van der Waals surface area contributed by atoms with E-state index in [1.54, 1.807) is 29.9 Å². The van der Waals surface area contributed by atoms with E-state index in [2.05, 4.69) is 60.1 Å². The van der Waals surface area contributed by atoms with Crippen LogP contribution in [0.1, 0.15) is 24.2 Å². The maximum absolute atomic E-state index is 4.37. The van der Waals surface area contributed by atoms with Gasteiger partial charge in [0.25, 0.3) is 0 Å². The molecule has 17 heavy (non-hydrogen) atoms. The Morgan fingerprint density at radius 2 is 2.24 bits per heavy atom. The Balaban J connectivity index is 2.39. The lowest BCUT2D eigenvalue weighted by atomic mass is 10.1. The van der Waals surface area contributed by atoms with Crippen LogP contribution < -0.4 is 5.32 Å². The second-order valence-corrected chi connectivity index (χ2v) is 7.15. The van der Waals surface area contributed by atoms with Gasteiger partial charge in [-0.1, -0.05) is 6.92 Å². The Bertz CT molecular complexity index is 487. The highest BCUT2D eigenvalue weighted by Gasteiger charge is 2.19. The average molecular weight is 377 g/mol. The fraction of sp³-hybridized carbons (Fsp3) is 0.273. The largest absolute Gasteiger partial charge is 0.305 e. The van der Waals surface area contributed by atoms with Crippen LogP contribution >= 0.6 is 43.2 Å². The van der Waals surface area contributed by atoms with Crippen molar-refractivity contribution in [3.05, 3.63) is 43.5 Å². The number of thiophene rings is 1. The molecule has 0 saturated heterocycles. The Kier molecular flexibility index (Phi) is 4.67. The van der Waals surface area contributed by atoms with E-state index in [0.717, 1.165) is 19.8 Å². The summed E-state index contributed by atoms with van der Waals surface area (Å²) in [6, 6.07) is 2.18. The fourth-order valence-electron chi connectivity index (χ4n) is 1.59. The van der Waals surface area contributed by atoms with Gasteiger partial charge in [0.15, 0.2) is 0 Å². The third-order valence-electron chi connectivity index (χ3n) is 2.28. The molecule has 0 aliphatic carbocycles. The van der Waals surface area contributed by atoms with Gasteiger partial charge in [0, 0.05) is 18.0 Å². The van der Waals surface area contributed by atoms with Gasteiger partial charge in [0.2, 0.25) is 0 Å². The molecule has 0 aliphatic rings. The molecule has 2 aromatic rings. The first-order valence-electron chi connectivity index (χ1n) is 5.16. The lowest BCUT2D eigenvalue weighted by Gasteiger charge is -2.16. The summed E-state index contributed by atoms with van der Waals surface area (Å²) in [7, 11) is 0. The summed E-state index contributed by atoms with van der Waals surface area (Å²) >= 11 is 8.75. The maximum Gasteiger partial charge on any atom is 0.0802 e. The zero-order chi connectivity index (χ0) is 12.3. The van der Waals surface area contributed by atoms with Crippen molar-refractivity contribution in [1.82, 2.24) is 15.3 Å². The minimum absolute atomic E-state index is 0.0747. The molecule has 0 spiro atoms. The molecule has 0 aliphatic heterocycles. The first-order chi connectivity index (χ1) is 8.22. The minimum atomic E-state index is 0.0747. The molecule has 0 amide bonds. The van der Waals surface area contributed by atoms with Crippen LogP contribution in [0.2, 0.25) is 0 Å². The Labute approximate surface area is 121 Å². The number of nitrogens with zero attached hydrogens (tertiary/aromatic N) is 2. The van der Waals surface area contributed by atoms with Crippen LogP contribution in [-0.2, 0) is 0 Å². The van der Waals surface area contributed by atoms with Crippen LogP contribution in [0.25, 0.3) is 0 Å². The summed E-state index contributed by atoms with van der Waals surface area (Å²) in [6.45, 7) is 2.96. The van der Waals surface area contributed by atoms with Crippen molar-refractivity contribution < 1.29 is 0 Å². The van der Waals surface area contributed by atoms with Crippen LogP contribution in [0.4, 0.5) is 0 Å². The second kappa shape index (κ2) is 6.04. The van der Waals surface area contributed by atoms with E-state index in [1.165, 1.54) is 5.56 Å². The monoisotopic (exact) mass is 375 g/mol. The van der Waals surface area contributed by atoms with Gasteiger partial charge in [-0.3, -0.25) is 9.97 Å². The zero-order valence-electron chi connectivity index (χ0n) is 9.15. The predicted octanol–water partition coefficient (Wildman–Crippen LogP) is 3.76. The highest BCUT2D eigenvalue weighted by atomic mass is 79.9. The SMILES string of the molecule is CCNC(c1cnccn1)c1cc(Br)sc1Br. The topological polar surface area (TPSA) is 37.8 Å². The molecule has 0 saturated carbocycles. The smallest absolute Gasteiger partial charge is 0.0802 e. The molecule has 1 N–H and O–H groups in total. The molecule has 0 bridgehead atoms. The molecule has 1 unspecified atom stereocenters. The van der Waals surface area contributed by atoms with Gasteiger partial charge in [-0.2, -0.15) is 0 Å². The Morgan fingerprint density at radius 3 is 2.76 bits per heavy atom. The van der Waals surface area contributed by atoms with E-state index in [1.807, 2.05) is 0 Å². The highest BCUT2D eigenvalue weighted by molar-refractivity contribution is 9.12. The molecular weight excluding hydrogens is 366 g/mol. The Hall–Kier alpha value is -0.300. The maximum atomic E-state index is 4.37. The Morgan fingerprint density at radius 1 is 1.41 bits per heavy atom. The molecule has 6 heteroatoms. The summed E-state index contributed by atoms with van der Waals surface area (Å²) in [5.74, 6) is 0. The average Bonchev–Trinajstić information content (AvgIpc) is 2.66. The van der Waals surface area contributed by atoms with Crippen LogP contribution in [-0.4, -0.2) is 16.5 Å². The van der Waals surface area contributed by atoms with Crippen molar-refractivity contribution >= 4 is 43.2 Å². The fourth-order valence-corrected chi connectivity index (χ4v) is 4.49. The molecule has 0 fully saturated rings. The van der Waals surface area contributed by atoms with Crippen molar-refractivity contribution in [3.63, 3.8) is 0 Å². The van der Waals surface area contributed by atoms with E-state index in [-0.39, 0.29) is 6.04 Å². The molecule has 2 aromatic heterocycles. The number of rotatable bonds is 4. The van der Waals surface area contributed by atoms with Crippen LogP contribution in [0, 0.1) is 0 Å². The number of hydrogen-bond acceptors (Lipinski definition) is 4. The number of nitrogens with one attached hydrogen (secondary N) is 1. The zero-order valence-corrected chi connectivity index (χ0v) is 13.1. The lowest BCUT2D eigenvalue weighted by molar-refractivity contribution is 0.612. The van der Waals surface area contributed by atoms with Gasteiger partial charge in [-0.15, -0.1) is 11.3 Å². The van der Waals surface area contributed by atoms with E-state index < -0.39 is 0 Å². The van der Waals surface area contributed by atoms with Crippen LogP contribution in [0.3, 0.4) is 0 Å². The molecule has 3 nitrogen and oxygen atoms in total. The van der Waals surface area contributed by atoms with E-state index in [4.69, 9.17) is 0 Å². The van der Waals surface area contributed by atoms with Gasteiger partial charge < -0.3 is 5.32 Å². The van der Waals surface area contributed by atoms with Gasteiger partial charge in [-0.05, 0) is 44.5 Å². The van der Waals surface area contributed by atoms with E-state index in [9.17, 15) is 0 Å². The molecule has 0 aromatic carbocycles. The third kappa shape index (κ3) is 3.13. The predicted molar refractivity (Wildman–Crippen MR) is 77.3 cm³/mol. The third-order valence-corrected chi connectivity index (χ3v) is 4.67. The van der Waals surface area contributed by atoms with E-state index in [0.29, 0.717) is 0 Å². The molecule has 90 valence electrons. The number of hydrogen-bond donors (Lipinski definition) is 1. The van der Waals surface area contributed by atoms with Gasteiger partial charge in [0.05, 0.1) is 25.5 Å². The molecule has 0 radical (unpaired) electrons. The first-order valence-corrected chi connectivity index (χ1v) is 7.56. The second-order valence-electron chi connectivity index (χ2n) is 3.40. The van der Waals surface area contributed by atoms with Gasteiger partial charge in [0.1, 0.15) is 0 Å². The summed E-state index contributed by atoms with van der Waals surface area (Å²) in [6.07, 6.45) is 5.20. The van der Waals surface area contributed by atoms with Gasteiger partial charge in [-0.25, -0.2) is 0 Å². The lowest BCUT2D eigenvalue weighted by Crippen LogP contribution is -2.22. The summed E-state index contributed by atoms with van der Waals surface area (Å²) in [5.41, 5.74) is 2.12. The van der Waals surface area contributed by atoms with Crippen molar-refractivity contribution in [2.75, 3.05) is 6.54 Å². The molecular formula is C11H11Br2N3S. The molecule has 2 rings (SSSR count). The van der Waals surface area contributed by atoms with E-state index >= 15 is 0 Å². The van der Waals surface area contributed by atoms with Crippen LogP contribution in [0.15, 0.2) is 32.2 Å². The van der Waals surface area contributed by atoms with Crippen molar-refractivity contribution in [3.8, 4) is 0 Å². The van der Waals surface area contributed by atoms with Crippen molar-refractivity contribution in [1.29, 1.82) is 0 Å².